The smallest absolute Gasteiger partial charge is 0.244 e. The minimum atomic E-state index is -0.250. The summed E-state index contributed by atoms with van der Waals surface area (Å²) in [6.07, 6.45) is 0. The van der Waals surface area contributed by atoms with Crippen molar-refractivity contribution in [1.82, 2.24) is 14.8 Å². The molecular formula is C22H26N6O2S. The molecule has 9 heteroatoms. The van der Waals surface area contributed by atoms with Crippen LogP contribution in [0.25, 0.3) is 0 Å². The Bertz CT molecular complexity index is 1130. The van der Waals surface area contributed by atoms with Gasteiger partial charge in [-0.3, -0.25) is 14.2 Å². The molecular weight excluding hydrogens is 412 g/mol. The normalized spacial score (nSPS) is 10.7. The van der Waals surface area contributed by atoms with E-state index in [1.165, 1.54) is 16.3 Å². The quantitative estimate of drug-likeness (QED) is 0.487. The van der Waals surface area contributed by atoms with Gasteiger partial charge < -0.3 is 16.4 Å². The van der Waals surface area contributed by atoms with Gasteiger partial charge in [0.05, 0.1) is 5.75 Å². The summed E-state index contributed by atoms with van der Waals surface area (Å²) in [7, 11) is 0. The maximum absolute atomic E-state index is 12.5. The van der Waals surface area contributed by atoms with Crippen LogP contribution in [-0.4, -0.2) is 32.3 Å². The summed E-state index contributed by atoms with van der Waals surface area (Å²) in [5.74, 6) is -0.192. The highest BCUT2D eigenvalue weighted by atomic mass is 32.2. The van der Waals surface area contributed by atoms with E-state index in [0.29, 0.717) is 5.16 Å². The number of anilines is 3. The molecule has 1 aromatic heterocycles. The molecule has 0 saturated carbocycles. The minimum Gasteiger partial charge on any atom is -0.368 e. The highest BCUT2D eigenvalue weighted by molar-refractivity contribution is 7.99. The number of hydrogen-bond acceptors (Lipinski definition) is 6. The summed E-state index contributed by atoms with van der Waals surface area (Å²) < 4.78 is 1.49. The maximum Gasteiger partial charge on any atom is 0.244 e. The van der Waals surface area contributed by atoms with Crippen molar-refractivity contribution >= 4 is 40.9 Å². The highest BCUT2D eigenvalue weighted by Crippen LogP contribution is 2.21. The first kappa shape index (κ1) is 22.4. The van der Waals surface area contributed by atoms with Crippen molar-refractivity contribution in [3.05, 3.63) is 58.7 Å². The molecule has 162 valence electrons. The van der Waals surface area contributed by atoms with Crippen LogP contribution < -0.4 is 16.4 Å². The molecule has 0 atom stereocenters. The first-order valence-electron chi connectivity index (χ1n) is 9.78. The maximum atomic E-state index is 12.5. The van der Waals surface area contributed by atoms with E-state index in [1.807, 2.05) is 64.1 Å². The molecule has 0 aliphatic carbocycles. The van der Waals surface area contributed by atoms with Gasteiger partial charge in [0, 0.05) is 11.4 Å². The average molecular weight is 439 g/mol. The molecule has 2 amide bonds. The molecule has 0 unspecified atom stereocenters. The molecule has 0 radical (unpaired) electrons. The molecule has 3 rings (SSSR count). The summed E-state index contributed by atoms with van der Waals surface area (Å²) in [6.45, 7) is 7.83. The van der Waals surface area contributed by atoms with Gasteiger partial charge in [-0.2, -0.15) is 0 Å². The van der Waals surface area contributed by atoms with Crippen molar-refractivity contribution in [3.8, 4) is 0 Å². The van der Waals surface area contributed by atoms with E-state index in [9.17, 15) is 9.59 Å². The Morgan fingerprint density at radius 2 is 1.45 bits per heavy atom. The number of nitrogens with one attached hydrogen (secondary N) is 2. The molecule has 1 heterocycles. The Labute approximate surface area is 185 Å². The number of carbonyl (C=O) groups excluding carboxylic acids is 2. The summed E-state index contributed by atoms with van der Waals surface area (Å²) in [5, 5.41) is 14.0. The number of amides is 2. The van der Waals surface area contributed by atoms with Gasteiger partial charge in [-0.15, -0.1) is 10.2 Å². The molecule has 0 aliphatic rings. The third-order valence-electron chi connectivity index (χ3n) is 4.69. The Morgan fingerprint density at radius 1 is 0.903 bits per heavy atom. The fourth-order valence-electron chi connectivity index (χ4n) is 3.11. The highest BCUT2D eigenvalue weighted by Gasteiger charge is 2.16. The predicted molar refractivity (Wildman–Crippen MR) is 124 cm³/mol. The molecule has 31 heavy (non-hydrogen) atoms. The lowest BCUT2D eigenvalue weighted by atomic mass is 10.1. The second-order valence-electron chi connectivity index (χ2n) is 7.45. The van der Waals surface area contributed by atoms with Gasteiger partial charge in [-0.1, -0.05) is 47.2 Å². The van der Waals surface area contributed by atoms with E-state index in [0.717, 1.165) is 33.6 Å². The monoisotopic (exact) mass is 438 g/mol. The second-order valence-corrected chi connectivity index (χ2v) is 8.39. The van der Waals surface area contributed by atoms with Gasteiger partial charge in [0.2, 0.25) is 17.8 Å². The van der Waals surface area contributed by atoms with Crippen LogP contribution in [0.4, 0.5) is 17.3 Å². The predicted octanol–water partition coefficient (Wildman–Crippen LogP) is 3.46. The Morgan fingerprint density at radius 3 is 2.00 bits per heavy atom. The number of rotatable bonds is 7. The van der Waals surface area contributed by atoms with Crippen molar-refractivity contribution < 1.29 is 9.59 Å². The third kappa shape index (κ3) is 5.85. The van der Waals surface area contributed by atoms with Crippen molar-refractivity contribution in [2.75, 3.05) is 22.1 Å². The standard InChI is InChI=1S/C22H26N6O2S/c1-13-5-7-17(15(3)9-13)24-19(29)11-28-21(23)26-27-22(28)31-12-20(30)25-18-8-6-14(2)10-16(18)4/h5-10H,11-12H2,1-4H3,(H2,23,26)(H,24,29)(H,25,30). The number of nitrogen functional groups attached to an aromatic ring is 1. The lowest BCUT2D eigenvalue weighted by Crippen LogP contribution is -2.21. The molecule has 0 aliphatic heterocycles. The second kappa shape index (κ2) is 9.65. The van der Waals surface area contributed by atoms with Crippen molar-refractivity contribution in [2.45, 2.75) is 39.4 Å². The van der Waals surface area contributed by atoms with Gasteiger partial charge in [0.1, 0.15) is 6.54 Å². The van der Waals surface area contributed by atoms with Crippen LogP contribution in [0.1, 0.15) is 22.3 Å². The first-order valence-corrected chi connectivity index (χ1v) is 10.8. The molecule has 8 nitrogen and oxygen atoms in total. The van der Waals surface area contributed by atoms with Gasteiger partial charge >= 0.3 is 0 Å². The van der Waals surface area contributed by atoms with E-state index in [1.54, 1.807) is 0 Å². The van der Waals surface area contributed by atoms with E-state index in [-0.39, 0.29) is 30.1 Å². The minimum absolute atomic E-state index is 0.0484. The number of aryl methyl sites for hydroxylation is 4. The van der Waals surface area contributed by atoms with Crippen LogP contribution in [0.5, 0.6) is 0 Å². The topological polar surface area (TPSA) is 115 Å². The van der Waals surface area contributed by atoms with Crippen LogP contribution in [0.15, 0.2) is 41.6 Å². The molecule has 0 spiro atoms. The van der Waals surface area contributed by atoms with Crippen molar-refractivity contribution in [2.24, 2.45) is 0 Å². The zero-order chi connectivity index (χ0) is 22.5. The van der Waals surface area contributed by atoms with Gasteiger partial charge in [-0.25, -0.2) is 0 Å². The molecule has 0 bridgehead atoms. The summed E-state index contributed by atoms with van der Waals surface area (Å²) in [6, 6.07) is 11.6. The first-order chi connectivity index (χ1) is 14.7. The Hall–Kier alpha value is -3.33. The lowest BCUT2D eigenvalue weighted by molar-refractivity contribution is -0.117. The number of aromatic nitrogens is 3. The largest absolute Gasteiger partial charge is 0.368 e. The summed E-state index contributed by atoms with van der Waals surface area (Å²) >= 11 is 1.17. The molecule has 2 aromatic carbocycles. The van der Waals surface area contributed by atoms with Gasteiger partial charge in [-0.05, 0) is 51.0 Å². The van der Waals surface area contributed by atoms with Crippen LogP contribution in [0.2, 0.25) is 0 Å². The van der Waals surface area contributed by atoms with E-state index >= 15 is 0 Å². The average Bonchev–Trinajstić information content (AvgIpc) is 3.04. The fraction of sp³-hybridized carbons (Fsp3) is 0.273. The Kier molecular flexibility index (Phi) is 6.96. The summed E-state index contributed by atoms with van der Waals surface area (Å²) in [5.41, 5.74) is 11.6. The fourth-order valence-corrected chi connectivity index (χ4v) is 3.86. The van der Waals surface area contributed by atoms with Crippen LogP contribution in [0.3, 0.4) is 0 Å². The lowest BCUT2D eigenvalue weighted by Gasteiger charge is -2.11. The number of hydrogen-bond donors (Lipinski definition) is 3. The zero-order valence-electron chi connectivity index (χ0n) is 18.0. The molecule has 4 N–H and O–H groups in total. The van der Waals surface area contributed by atoms with E-state index in [2.05, 4.69) is 20.8 Å². The number of benzene rings is 2. The van der Waals surface area contributed by atoms with Crippen LogP contribution in [0, 0.1) is 27.7 Å². The molecule has 3 aromatic rings. The number of carbonyl (C=O) groups is 2. The zero-order valence-corrected chi connectivity index (χ0v) is 18.8. The van der Waals surface area contributed by atoms with Crippen molar-refractivity contribution in [3.63, 3.8) is 0 Å². The Balaban J connectivity index is 1.61. The number of nitrogens with two attached hydrogens (primary N) is 1. The third-order valence-corrected chi connectivity index (χ3v) is 5.66. The molecule has 0 saturated heterocycles. The number of thioether (sulfide) groups is 1. The van der Waals surface area contributed by atoms with Gasteiger partial charge in [0.15, 0.2) is 5.16 Å². The van der Waals surface area contributed by atoms with Crippen LogP contribution in [-0.2, 0) is 16.1 Å². The summed E-state index contributed by atoms with van der Waals surface area (Å²) in [4.78, 5) is 24.9. The van der Waals surface area contributed by atoms with Gasteiger partial charge in [0.25, 0.3) is 0 Å². The van der Waals surface area contributed by atoms with E-state index in [4.69, 9.17) is 5.73 Å². The van der Waals surface area contributed by atoms with Crippen molar-refractivity contribution in [1.29, 1.82) is 0 Å². The number of nitrogens with zero attached hydrogens (tertiary/aromatic N) is 3. The molecule has 0 fully saturated rings. The van der Waals surface area contributed by atoms with E-state index < -0.39 is 0 Å². The SMILES string of the molecule is Cc1ccc(NC(=O)CSc2nnc(N)n2CC(=O)Nc2ccc(C)cc2C)c(C)c1. The van der Waals surface area contributed by atoms with Crippen LogP contribution >= 0.6 is 11.8 Å².